The highest BCUT2D eigenvalue weighted by Gasteiger charge is 2.16. The van der Waals surface area contributed by atoms with Gasteiger partial charge in [-0.2, -0.15) is 0 Å². The molecule has 3 aromatic rings. The van der Waals surface area contributed by atoms with Crippen molar-refractivity contribution in [2.24, 2.45) is 0 Å². The number of benzene rings is 3. The van der Waals surface area contributed by atoms with E-state index >= 15 is 0 Å². The highest BCUT2D eigenvalue weighted by atomic mass is 35.5. The molecule has 1 heterocycles. The first kappa shape index (κ1) is 21.2. The molecule has 3 N–H and O–H groups in total. The molecule has 1 saturated heterocycles. The van der Waals surface area contributed by atoms with Crippen molar-refractivity contribution in [2.45, 2.75) is 6.92 Å². The van der Waals surface area contributed by atoms with Crippen molar-refractivity contribution in [1.82, 2.24) is 5.32 Å². The number of hydrogen-bond acceptors (Lipinski definition) is 4. The molecule has 0 radical (unpaired) electrons. The smallest absolute Gasteiger partial charge is 0.221 e. The van der Waals surface area contributed by atoms with E-state index in [2.05, 4.69) is 15.5 Å². The first-order chi connectivity index (χ1) is 14.9. The number of halogens is 2. The summed E-state index contributed by atoms with van der Waals surface area (Å²) in [7, 11) is 0. The zero-order chi connectivity index (χ0) is 22.0. The van der Waals surface area contributed by atoms with E-state index in [1.807, 2.05) is 30.3 Å². The maximum atomic E-state index is 14.4. The van der Waals surface area contributed by atoms with E-state index in [-0.39, 0.29) is 17.3 Å². The van der Waals surface area contributed by atoms with Crippen molar-refractivity contribution in [3.8, 4) is 28.0 Å². The molecule has 0 unspecified atom stereocenters. The molecule has 0 aromatic heterocycles. The van der Waals surface area contributed by atoms with Crippen molar-refractivity contribution < 1.29 is 14.3 Å². The zero-order valence-corrected chi connectivity index (χ0v) is 17.8. The third-order valence-electron chi connectivity index (χ3n) is 5.30. The number of anilines is 2. The molecule has 7 heteroatoms. The van der Waals surface area contributed by atoms with Gasteiger partial charge >= 0.3 is 0 Å². The van der Waals surface area contributed by atoms with Crippen LogP contribution in [0, 0.1) is 5.82 Å². The molecule has 0 spiro atoms. The fourth-order valence-corrected chi connectivity index (χ4v) is 4.05. The van der Waals surface area contributed by atoms with Crippen LogP contribution in [0.5, 0.6) is 5.75 Å². The van der Waals surface area contributed by atoms with E-state index in [4.69, 9.17) is 11.6 Å². The quantitative estimate of drug-likeness (QED) is 0.541. The van der Waals surface area contributed by atoms with Crippen LogP contribution in [0.2, 0.25) is 5.02 Å². The Bertz CT molecular complexity index is 1130. The SMILES string of the molecule is CC(=O)Nc1ccc(-c2cccc(-c3cc(Cl)cc(N4CCNCC4)c3)c2O)cc1F. The van der Waals surface area contributed by atoms with E-state index in [0.29, 0.717) is 21.7 Å². The number of aromatic hydroxyl groups is 1. The minimum absolute atomic E-state index is 0.0442. The number of rotatable bonds is 4. The molecule has 0 aliphatic carbocycles. The Kier molecular flexibility index (Phi) is 6.11. The van der Waals surface area contributed by atoms with Crippen molar-refractivity contribution >= 4 is 28.9 Å². The molecule has 0 bridgehead atoms. The molecule has 160 valence electrons. The summed E-state index contributed by atoms with van der Waals surface area (Å²) in [5.74, 6) is -0.873. The van der Waals surface area contributed by atoms with Gasteiger partial charge in [0.05, 0.1) is 5.69 Å². The highest BCUT2D eigenvalue weighted by molar-refractivity contribution is 6.31. The lowest BCUT2D eigenvalue weighted by Crippen LogP contribution is -2.43. The molecule has 1 fully saturated rings. The average molecular weight is 440 g/mol. The molecule has 0 saturated carbocycles. The van der Waals surface area contributed by atoms with Crippen molar-refractivity contribution in [2.75, 3.05) is 36.4 Å². The Hall–Kier alpha value is -3.09. The minimum atomic E-state index is -0.568. The number of carbonyl (C=O) groups excluding carboxylic acids is 1. The summed E-state index contributed by atoms with van der Waals surface area (Å²) in [6.07, 6.45) is 0. The van der Waals surface area contributed by atoms with Crippen LogP contribution in [0.25, 0.3) is 22.3 Å². The van der Waals surface area contributed by atoms with Crippen LogP contribution in [-0.2, 0) is 4.79 Å². The van der Waals surface area contributed by atoms with Crippen LogP contribution >= 0.6 is 11.6 Å². The summed E-state index contributed by atoms with van der Waals surface area (Å²) in [5.41, 5.74) is 3.50. The summed E-state index contributed by atoms with van der Waals surface area (Å²) in [5, 5.41) is 17.4. The number of piperazine rings is 1. The van der Waals surface area contributed by atoms with E-state index in [1.165, 1.54) is 19.1 Å². The van der Waals surface area contributed by atoms with Gasteiger partial charge < -0.3 is 20.6 Å². The molecule has 4 rings (SSSR count). The van der Waals surface area contributed by atoms with Crippen LogP contribution in [0.3, 0.4) is 0 Å². The fraction of sp³-hybridized carbons (Fsp3) is 0.208. The van der Waals surface area contributed by atoms with Gasteiger partial charge in [-0.1, -0.05) is 35.9 Å². The topological polar surface area (TPSA) is 64.6 Å². The van der Waals surface area contributed by atoms with Gasteiger partial charge in [0, 0.05) is 54.9 Å². The van der Waals surface area contributed by atoms with Gasteiger partial charge in [-0.15, -0.1) is 0 Å². The van der Waals surface area contributed by atoms with Gasteiger partial charge in [-0.25, -0.2) is 4.39 Å². The molecule has 5 nitrogen and oxygen atoms in total. The number of hydrogen-bond donors (Lipinski definition) is 3. The molecular formula is C24H23ClFN3O2. The van der Waals surface area contributed by atoms with Crippen LogP contribution in [-0.4, -0.2) is 37.2 Å². The molecule has 3 aromatic carbocycles. The van der Waals surface area contributed by atoms with Crippen molar-refractivity contribution in [3.63, 3.8) is 0 Å². The maximum Gasteiger partial charge on any atom is 0.221 e. The number of phenolic OH excluding ortho intramolecular Hbond substituents is 1. The predicted octanol–water partition coefficient (Wildman–Crippen LogP) is 4.89. The largest absolute Gasteiger partial charge is 0.507 e. The van der Waals surface area contributed by atoms with Gasteiger partial charge in [0.2, 0.25) is 5.91 Å². The summed E-state index contributed by atoms with van der Waals surface area (Å²) in [6, 6.07) is 15.6. The number of carbonyl (C=O) groups is 1. The Morgan fingerprint density at radius 2 is 1.77 bits per heavy atom. The van der Waals surface area contributed by atoms with E-state index in [0.717, 1.165) is 37.4 Å². The second-order valence-corrected chi connectivity index (χ2v) is 7.95. The normalized spacial score (nSPS) is 13.8. The third kappa shape index (κ3) is 4.65. The number of nitrogens with one attached hydrogen (secondary N) is 2. The molecule has 1 aliphatic heterocycles. The zero-order valence-electron chi connectivity index (χ0n) is 17.1. The average Bonchev–Trinajstić information content (AvgIpc) is 2.75. The fourth-order valence-electron chi connectivity index (χ4n) is 3.82. The Morgan fingerprint density at radius 3 is 2.45 bits per heavy atom. The van der Waals surface area contributed by atoms with Gasteiger partial charge in [-0.05, 0) is 41.5 Å². The first-order valence-electron chi connectivity index (χ1n) is 10.1. The Labute approximate surface area is 185 Å². The number of nitrogens with zero attached hydrogens (tertiary/aromatic N) is 1. The lowest BCUT2D eigenvalue weighted by molar-refractivity contribution is -0.114. The van der Waals surface area contributed by atoms with Crippen LogP contribution in [0.1, 0.15) is 6.92 Å². The van der Waals surface area contributed by atoms with Gasteiger partial charge in [-0.3, -0.25) is 4.79 Å². The summed E-state index contributed by atoms with van der Waals surface area (Å²) >= 11 is 6.40. The highest BCUT2D eigenvalue weighted by Crippen LogP contribution is 2.40. The molecular weight excluding hydrogens is 417 g/mol. The van der Waals surface area contributed by atoms with E-state index in [1.54, 1.807) is 12.1 Å². The Balaban J connectivity index is 1.72. The van der Waals surface area contributed by atoms with Crippen molar-refractivity contribution in [1.29, 1.82) is 0 Å². The molecule has 31 heavy (non-hydrogen) atoms. The second-order valence-electron chi connectivity index (χ2n) is 7.51. The molecule has 1 aliphatic rings. The van der Waals surface area contributed by atoms with Crippen LogP contribution in [0.15, 0.2) is 54.6 Å². The molecule has 1 amide bonds. The second kappa shape index (κ2) is 8.96. The minimum Gasteiger partial charge on any atom is -0.507 e. The lowest BCUT2D eigenvalue weighted by atomic mass is 9.96. The Morgan fingerprint density at radius 1 is 1.06 bits per heavy atom. The van der Waals surface area contributed by atoms with Crippen LogP contribution in [0.4, 0.5) is 15.8 Å². The van der Waals surface area contributed by atoms with Crippen LogP contribution < -0.4 is 15.5 Å². The standard InChI is InChI=1S/C24H23ClFN3O2/c1-15(30)28-23-6-5-16(13-22(23)26)20-3-2-4-21(24(20)31)17-11-18(25)14-19(12-17)29-9-7-27-8-10-29/h2-6,11-14,27,31H,7-10H2,1H3,(H,28,30). The monoisotopic (exact) mass is 439 g/mol. The summed E-state index contributed by atoms with van der Waals surface area (Å²) < 4.78 is 14.4. The third-order valence-corrected chi connectivity index (χ3v) is 5.52. The summed E-state index contributed by atoms with van der Waals surface area (Å²) in [4.78, 5) is 13.5. The number of phenols is 1. The van der Waals surface area contributed by atoms with Gasteiger partial charge in [0.15, 0.2) is 0 Å². The molecule has 0 atom stereocenters. The first-order valence-corrected chi connectivity index (χ1v) is 10.5. The summed E-state index contributed by atoms with van der Waals surface area (Å²) in [6.45, 7) is 4.89. The predicted molar refractivity (Wildman–Crippen MR) is 123 cm³/mol. The lowest BCUT2D eigenvalue weighted by Gasteiger charge is -2.30. The van der Waals surface area contributed by atoms with E-state index < -0.39 is 5.82 Å². The maximum absolute atomic E-state index is 14.4. The van der Waals surface area contributed by atoms with Gasteiger partial charge in [0.1, 0.15) is 11.6 Å². The number of amides is 1. The van der Waals surface area contributed by atoms with Gasteiger partial charge in [0.25, 0.3) is 0 Å². The van der Waals surface area contributed by atoms with E-state index in [9.17, 15) is 14.3 Å². The number of para-hydroxylation sites is 1. The van der Waals surface area contributed by atoms with Crippen molar-refractivity contribution in [3.05, 3.63) is 65.4 Å².